The van der Waals surface area contributed by atoms with E-state index >= 15 is 0 Å². The molecule has 0 aliphatic rings. The molecule has 0 unspecified atom stereocenters. The zero-order chi connectivity index (χ0) is 20.4. The molecule has 0 aliphatic heterocycles. The fourth-order valence-corrected chi connectivity index (χ4v) is 3.04. The van der Waals surface area contributed by atoms with Crippen molar-refractivity contribution in [2.24, 2.45) is 11.0 Å². The molecule has 3 N–H and O–H groups in total. The highest BCUT2D eigenvalue weighted by Gasteiger charge is 2.24. The van der Waals surface area contributed by atoms with Gasteiger partial charge >= 0.3 is 0 Å². The molecular weight excluding hydrogens is 364 g/mol. The number of hydrogen-bond donors (Lipinski definition) is 2. The third-order valence-corrected chi connectivity index (χ3v) is 4.49. The van der Waals surface area contributed by atoms with Crippen molar-refractivity contribution in [3.05, 3.63) is 65.7 Å². The number of benzene rings is 2. The van der Waals surface area contributed by atoms with Gasteiger partial charge in [0.25, 0.3) is 5.91 Å². The minimum atomic E-state index is -0.278. The van der Waals surface area contributed by atoms with Crippen LogP contribution in [0, 0.1) is 5.92 Å². The average Bonchev–Trinajstić information content (AvgIpc) is 2.99. The first kappa shape index (κ1) is 18.6. The average molecular weight is 386 g/mol. The summed E-state index contributed by atoms with van der Waals surface area (Å²) in [5, 5.41) is 7.41. The van der Waals surface area contributed by atoms with Crippen molar-refractivity contribution in [2.45, 2.75) is 13.8 Å². The number of para-hydroxylation sites is 2. The smallest absolute Gasteiger partial charge is 0.257 e. The van der Waals surface area contributed by atoms with Gasteiger partial charge in [-0.25, -0.2) is 9.97 Å². The van der Waals surface area contributed by atoms with Crippen LogP contribution in [0.4, 0.5) is 5.82 Å². The molecule has 4 aromatic rings. The van der Waals surface area contributed by atoms with Gasteiger partial charge in [0.1, 0.15) is 16.9 Å². The number of aromatic nitrogens is 3. The predicted molar refractivity (Wildman–Crippen MR) is 116 cm³/mol. The predicted octanol–water partition coefficient (Wildman–Crippen LogP) is 3.43. The van der Waals surface area contributed by atoms with Crippen molar-refractivity contribution in [3.63, 3.8) is 0 Å². The maximum Gasteiger partial charge on any atom is 0.257 e. The molecule has 0 radical (unpaired) electrons. The molecule has 0 fully saturated rings. The van der Waals surface area contributed by atoms with Crippen LogP contribution in [0.2, 0.25) is 0 Å². The Kier molecular flexibility index (Phi) is 4.95. The van der Waals surface area contributed by atoms with E-state index in [1.54, 1.807) is 6.21 Å². The van der Waals surface area contributed by atoms with Gasteiger partial charge in [-0.3, -0.25) is 4.79 Å². The topological polar surface area (TPSA) is 98.2 Å². The zero-order valence-corrected chi connectivity index (χ0v) is 16.3. The highest BCUT2D eigenvalue weighted by atomic mass is 16.1. The second kappa shape index (κ2) is 7.71. The van der Waals surface area contributed by atoms with E-state index in [1.165, 1.54) is 4.68 Å². The molecule has 0 saturated carbocycles. The number of fused-ring (bicyclic) bond motifs is 2. The summed E-state index contributed by atoms with van der Waals surface area (Å²) in [6, 6.07) is 17.2. The summed E-state index contributed by atoms with van der Waals surface area (Å²) in [5.41, 5.74) is 9.86. The quantitative estimate of drug-likeness (QED) is 0.513. The van der Waals surface area contributed by atoms with Crippen LogP contribution in [-0.4, -0.2) is 33.3 Å². The Balaban J connectivity index is 1.89. The Morgan fingerprint density at radius 3 is 2.45 bits per heavy atom. The van der Waals surface area contributed by atoms with Crippen molar-refractivity contribution in [1.29, 1.82) is 0 Å². The van der Waals surface area contributed by atoms with Crippen molar-refractivity contribution in [1.82, 2.24) is 20.0 Å². The van der Waals surface area contributed by atoms with E-state index in [0.717, 1.165) is 5.56 Å². The van der Waals surface area contributed by atoms with Gasteiger partial charge in [0.2, 0.25) is 0 Å². The van der Waals surface area contributed by atoms with Gasteiger partial charge in [-0.1, -0.05) is 56.3 Å². The molecule has 7 heteroatoms. The number of hydrogen-bond acceptors (Lipinski definition) is 5. The van der Waals surface area contributed by atoms with E-state index in [9.17, 15) is 4.79 Å². The van der Waals surface area contributed by atoms with Crippen LogP contribution < -0.4 is 11.1 Å². The standard InChI is InChI=1S/C22H22N6O/c1-14(2)12-24-22(29)18-19-21(27-17-11-7-6-10-16(17)26-19)28(20(18)23)25-13-15-8-4-3-5-9-15/h3-11,13-14H,12,23H2,1-2H3,(H,24,29). The summed E-state index contributed by atoms with van der Waals surface area (Å²) in [6.45, 7) is 4.61. The van der Waals surface area contributed by atoms with Crippen LogP contribution in [-0.2, 0) is 0 Å². The first-order chi connectivity index (χ1) is 14.0. The highest BCUT2D eigenvalue weighted by Crippen LogP contribution is 2.27. The van der Waals surface area contributed by atoms with E-state index in [1.807, 2.05) is 68.4 Å². The second-order valence-electron chi connectivity index (χ2n) is 7.22. The molecule has 0 spiro atoms. The van der Waals surface area contributed by atoms with Gasteiger partial charge in [0.05, 0.1) is 17.2 Å². The number of anilines is 1. The van der Waals surface area contributed by atoms with Crippen LogP contribution in [0.25, 0.3) is 22.2 Å². The molecule has 2 heterocycles. The van der Waals surface area contributed by atoms with E-state index in [0.29, 0.717) is 40.2 Å². The summed E-state index contributed by atoms with van der Waals surface area (Å²) in [5.74, 6) is 0.250. The Morgan fingerprint density at radius 2 is 1.76 bits per heavy atom. The largest absolute Gasteiger partial charge is 0.383 e. The molecule has 2 aromatic heterocycles. The van der Waals surface area contributed by atoms with Crippen LogP contribution in [0.3, 0.4) is 0 Å². The third-order valence-electron chi connectivity index (χ3n) is 4.49. The summed E-state index contributed by atoms with van der Waals surface area (Å²) < 4.78 is 1.48. The van der Waals surface area contributed by atoms with Crippen molar-refractivity contribution >= 4 is 40.1 Å². The van der Waals surface area contributed by atoms with Gasteiger partial charge in [-0.15, -0.1) is 0 Å². The van der Waals surface area contributed by atoms with Crippen LogP contribution in [0.5, 0.6) is 0 Å². The lowest BCUT2D eigenvalue weighted by atomic mass is 10.2. The minimum Gasteiger partial charge on any atom is -0.383 e. The summed E-state index contributed by atoms with van der Waals surface area (Å²) in [7, 11) is 0. The number of rotatable bonds is 5. The Bertz CT molecular complexity index is 1210. The highest BCUT2D eigenvalue weighted by molar-refractivity contribution is 6.10. The molecular formula is C22H22N6O. The van der Waals surface area contributed by atoms with Gasteiger partial charge in [-0.2, -0.15) is 9.78 Å². The third kappa shape index (κ3) is 3.67. The molecule has 2 aromatic carbocycles. The Hall–Kier alpha value is -3.74. The van der Waals surface area contributed by atoms with Crippen LogP contribution >= 0.6 is 0 Å². The molecule has 0 saturated heterocycles. The molecule has 7 nitrogen and oxygen atoms in total. The second-order valence-corrected chi connectivity index (χ2v) is 7.22. The fraction of sp³-hybridized carbons (Fsp3) is 0.182. The van der Waals surface area contributed by atoms with Crippen molar-refractivity contribution in [3.8, 4) is 0 Å². The van der Waals surface area contributed by atoms with E-state index in [-0.39, 0.29) is 11.7 Å². The minimum absolute atomic E-state index is 0.212. The Morgan fingerprint density at radius 1 is 1.10 bits per heavy atom. The number of carbonyl (C=O) groups is 1. The zero-order valence-electron chi connectivity index (χ0n) is 16.3. The van der Waals surface area contributed by atoms with Gasteiger partial charge < -0.3 is 11.1 Å². The number of nitrogen functional groups attached to an aromatic ring is 1. The molecule has 0 bridgehead atoms. The molecule has 146 valence electrons. The summed E-state index contributed by atoms with van der Waals surface area (Å²) in [6.07, 6.45) is 1.68. The van der Waals surface area contributed by atoms with E-state index in [4.69, 9.17) is 5.73 Å². The van der Waals surface area contributed by atoms with Crippen molar-refractivity contribution in [2.75, 3.05) is 12.3 Å². The number of nitrogens with two attached hydrogens (primary N) is 1. The summed E-state index contributed by atoms with van der Waals surface area (Å²) >= 11 is 0. The molecule has 29 heavy (non-hydrogen) atoms. The molecule has 4 rings (SSSR count). The maximum atomic E-state index is 12.9. The molecule has 0 aliphatic carbocycles. The number of amides is 1. The molecule has 0 atom stereocenters. The first-order valence-corrected chi connectivity index (χ1v) is 9.49. The van der Waals surface area contributed by atoms with Crippen LogP contribution in [0.15, 0.2) is 59.7 Å². The SMILES string of the molecule is CC(C)CNC(=O)c1c(N)n(N=Cc2ccccc2)c2nc3ccccc3nc12. The lowest BCUT2D eigenvalue weighted by Crippen LogP contribution is -2.28. The van der Waals surface area contributed by atoms with Gasteiger partial charge in [-0.05, 0) is 23.6 Å². The lowest BCUT2D eigenvalue weighted by molar-refractivity contribution is 0.0951. The van der Waals surface area contributed by atoms with Crippen LogP contribution in [0.1, 0.15) is 29.8 Å². The monoisotopic (exact) mass is 386 g/mol. The fourth-order valence-electron chi connectivity index (χ4n) is 3.04. The van der Waals surface area contributed by atoms with Gasteiger partial charge in [0, 0.05) is 6.54 Å². The first-order valence-electron chi connectivity index (χ1n) is 9.49. The number of nitrogens with zero attached hydrogens (tertiary/aromatic N) is 4. The van der Waals surface area contributed by atoms with E-state index in [2.05, 4.69) is 20.4 Å². The van der Waals surface area contributed by atoms with Gasteiger partial charge in [0.15, 0.2) is 5.65 Å². The Labute approximate surface area is 168 Å². The normalized spacial score (nSPS) is 11.7. The van der Waals surface area contributed by atoms with Crippen molar-refractivity contribution < 1.29 is 4.79 Å². The number of nitrogens with one attached hydrogen (secondary N) is 1. The van der Waals surface area contributed by atoms with E-state index < -0.39 is 0 Å². The maximum absolute atomic E-state index is 12.9. The summed E-state index contributed by atoms with van der Waals surface area (Å²) in [4.78, 5) is 22.2. The molecule has 1 amide bonds. The lowest BCUT2D eigenvalue weighted by Gasteiger charge is -2.07. The number of carbonyl (C=O) groups excluding carboxylic acids is 1.